The maximum atomic E-state index is 5.63. The minimum Gasteiger partial charge on any atom is -0.330 e. The average Bonchev–Trinajstić information content (AvgIpc) is 2.28. The van der Waals surface area contributed by atoms with E-state index < -0.39 is 0 Å². The van der Waals surface area contributed by atoms with Crippen LogP contribution in [0.4, 0.5) is 0 Å². The summed E-state index contributed by atoms with van der Waals surface area (Å²) in [6.45, 7) is 10.7. The van der Waals surface area contributed by atoms with Crippen LogP contribution in [0.15, 0.2) is 30.3 Å². The van der Waals surface area contributed by atoms with Crippen LogP contribution >= 0.6 is 0 Å². The molecule has 0 amide bonds. The Balaban J connectivity index is 2.62. The Kier molecular flexibility index (Phi) is 4.72. The molecular weight excluding hydrogens is 208 g/mol. The van der Waals surface area contributed by atoms with Gasteiger partial charge in [-0.1, -0.05) is 44.2 Å². The zero-order chi connectivity index (χ0) is 12.9. The molecule has 0 bridgehead atoms. The van der Waals surface area contributed by atoms with Gasteiger partial charge in [-0.05, 0) is 32.4 Å². The van der Waals surface area contributed by atoms with Gasteiger partial charge in [0.1, 0.15) is 0 Å². The van der Waals surface area contributed by atoms with Gasteiger partial charge in [0.25, 0.3) is 0 Å². The second-order valence-electron chi connectivity index (χ2n) is 6.03. The molecule has 2 nitrogen and oxygen atoms in total. The maximum Gasteiger partial charge on any atom is 0.0137 e. The molecule has 0 radical (unpaired) electrons. The summed E-state index contributed by atoms with van der Waals surface area (Å²) in [5.41, 5.74) is 7.25. The summed E-state index contributed by atoms with van der Waals surface area (Å²) in [7, 11) is 0. The van der Waals surface area contributed by atoms with E-state index in [1.165, 1.54) is 5.56 Å². The highest BCUT2D eigenvalue weighted by Crippen LogP contribution is 2.23. The third-order valence-corrected chi connectivity index (χ3v) is 3.33. The van der Waals surface area contributed by atoms with Crippen LogP contribution in [0.25, 0.3) is 0 Å². The lowest BCUT2D eigenvalue weighted by Gasteiger charge is -2.33. The standard InChI is InChI=1S/C15H26N2/c1-14(2,13-8-6-5-7-9-13)12-17-15(3,4)10-11-16/h5-9,17H,10-12,16H2,1-4H3. The van der Waals surface area contributed by atoms with Crippen molar-refractivity contribution in [2.75, 3.05) is 13.1 Å². The molecule has 1 aromatic rings. The maximum absolute atomic E-state index is 5.63. The molecule has 1 rings (SSSR count). The molecular formula is C15H26N2. The first-order valence-electron chi connectivity index (χ1n) is 6.38. The second kappa shape index (κ2) is 5.65. The van der Waals surface area contributed by atoms with E-state index in [-0.39, 0.29) is 11.0 Å². The molecule has 0 spiro atoms. The number of rotatable bonds is 6. The van der Waals surface area contributed by atoms with Crippen molar-refractivity contribution in [2.24, 2.45) is 5.73 Å². The minimum absolute atomic E-state index is 0.112. The Morgan fingerprint density at radius 2 is 1.65 bits per heavy atom. The average molecular weight is 234 g/mol. The normalized spacial score (nSPS) is 12.8. The van der Waals surface area contributed by atoms with Gasteiger partial charge >= 0.3 is 0 Å². The van der Waals surface area contributed by atoms with Crippen LogP contribution < -0.4 is 11.1 Å². The molecule has 0 heterocycles. The molecule has 0 aromatic heterocycles. The molecule has 0 saturated carbocycles. The molecule has 3 N–H and O–H groups in total. The van der Waals surface area contributed by atoms with Gasteiger partial charge in [0, 0.05) is 17.5 Å². The Bertz CT molecular complexity index is 328. The van der Waals surface area contributed by atoms with Gasteiger partial charge in [0.15, 0.2) is 0 Å². The first-order chi connectivity index (χ1) is 7.87. The summed E-state index contributed by atoms with van der Waals surface area (Å²) in [4.78, 5) is 0. The minimum atomic E-state index is 0.112. The van der Waals surface area contributed by atoms with Crippen molar-refractivity contribution in [1.29, 1.82) is 0 Å². The molecule has 0 atom stereocenters. The molecule has 17 heavy (non-hydrogen) atoms. The van der Waals surface area contributed by atoms with Gasteiger partial charge in [-0.3, -0.25) is 0 Å². The Morgan fingerprint density at radius 3 is 2.18 bits per heavy atom. The monoisotopic (exact) mass is 234 g/mol. The first kappa shape index (κ1) is 14.2. The van der Waals surface area contributed by atoms with Crippen molar-refractivity contribution < 1.29 is 0 Å². The van der Waals surface area contributed by atoms with Crippen LogP contribution in [0.5, 0.6) is 0 Å². The summed E-state index contributed by atoms with van der Waals surface area (Å²) < 4.78 is 0. The number of hydrogen-bond donors (Lipinski definition) is 2. The summed E-state index contributed by atoms with van der Waals surface area (Å²) in [5, 5.41) is 3.62. The smallest absolute Gasteiger partial charge is 0.0137 e. The van der Waals surface area contributed by atoms with Crippen LogP contribution in [0.3, 0.4) is 0 Å². The quantitative estimate of drug-likeness (QED) is 0.794. The molecule has 0 saturated heterocycles. The SMILES string of the molecule is CC(C)(CCN)NCC(C)(C)c1ccccc1. The molecule has 2 heteroatoms. The van der Waals surface area contributed by atoms with Crippen LogP contribution in [0.1, 0.15) is 39.7 Å². The molecule has 0 aliphatic heterocycles. The Morgan fingerprint density at radius 1 is 1.06 bits per heavy atom. The van der Waals surface area contributed by atoms with E-state index in [2.05, 4.69) is 63.3 Å². The van der Waals surface area contributed by atoms with Gasteiger partial charge < -0.3 is 11.1 Å². The summed E-state index contributed by atoms with van der Waals surface area (Å²) in [5.74, 6) is 0. The van der Waals surface area contributed by atoms with Crippen LogP contribution in [-0.2, 0) is 5.41 Å². The Hall–Kier alpha value is -0.860. The van der Waals surface area contributed by atoms with Gasteiger partial charge in [0.05, 0.1) is 0 Å². The highest BCUT2D eigenvalue weighted by atomic mass is 15.0. The number of nitrogens with two attached hydrogens (primary N) is 1. The van der Waals surface area contributed by atoms with E-state index in [0.717, 1.165) is 19.5 Å². The molecule has 0 aliphatic rings. The van der Waals surface area contributed by atoms with E-state index in [0.29, 0.717) is 0 Å². The van der Waals surface area contributed by atoms with Crippen LogP contribution in [0, 0.1) is 0 Å². The number of nitrogens with one attached hydrogen (secondary N) is 1. The van der Waals surface area contributed by atoms with Crippen LogP contribution in [-0.4, -0.2) is 18.6 Å². The Labute approximate surface area is 106 Å². The van der Waals surface area contributed by atoms with Crippen molar-refractivity contribution in [3.63, 3.8) is 0 Å². The summed E-state index contributed by atoms with van der Waals surface area (Å²) >= 11 is 0. The predicted octanol–water partition coefficient (Wildman–Crippen LogP) is 2.68. The van der Waals surface area contributed by atoms with Gasteiger partial charge in [0.2, 0.25) is 0 Å². The van der Waals surface area contributed by atoms with E-state index in [1.54, 1.807) is 0 Å². The van der Waals surface area contributed by atoms with Gasteiger partial charge in [-0.25, -0.2) is 0 Å². The largest absolute Gasteiger partial charge is 0.330 e. The van der Waals surface area contributed by atoms with Crippen molar-refractivity contribution in [1.82, 2.24) is 5.32 Å². The molecule has 0 aliphatic carbocycles. The van der Waals surface area contributed by atoms with Crippen LogP contribution in [0.2, 0.25) is 0 Å². The van der Waals surface area contributed by atoms with Crippen molar-refractivity contribution in [3.8, 4) is 0 Å². The topological polar surface area (TPSA) is 38.0 Å². The van der Waals surface area contributed by atoms with E-state index in [4.69, 9.17) is 5.73 Å². The second-order valence-corrected chi connectivity index (χ2v) is 6.03. The fraction of sp³-hybridized carbons (Fsp3) is 0.600. The fourth-order valence-electron chi connectivity index (χ4n) is 1.90. The van der Waals surface area contributed by atoms with Crippen molar-refractivity contribution >= 4 is 0 Å². The van der Waals surface area contributed by atoms with E-state index >= 15 is 0 Å². The summed E-state index contributed by atoms with van der Waals surface area (Å²) in [6, 6.07) is 10.6. The summed E-state index contributed by atoms with van der Waals surface area (Å²) in [6.07, 6.45) is 0.998. The van der Waals surface area contributed by atoms with Gasteiger partial charge in [-0.15, -0.1) is 0 Å². The molecule has 1 aromatic carbocycles. The van der Waals surface area contributed by atoms with E-state index in [1.807, 2.05) is 0 Å². The first-order valence-corrected chi connectivity index (χ1v) is 6.38. The molecule has 0 unspecified atom stereocenters. The number of benzene rings is 1. The highest BCUT2D eigenvalue weighted by Gasteiger charge is 2.24. The third kappa shape index (κ3) is 4.49. The van der Waals surface area contributed by atoms with Crippen molar-refractivity contribution in [3.05, 3.63) is 35.9 Å². The zero-order valence-electron chi connectivity index (χ0n) is 11.6. The molecule has 0 fully saturated rings. The van der Waals surface area contributed by atoms with Crippen molar-refractivity contribution in [2.45, 2.75) is 45.1 Å². The lowest BCUT2D eigenvalue weighted by Crippen LogP contribution is -2.46. The predicted molar refractivity (Wildman–Crippen MR) is 75.2 cm³/mol. The highest BCUT2D eigenvalue weighted by molar-refractivity contribution is 5.24. The third-order valence-electron chi connectivity index (χ3n) is 3.33. The van der Waals surface area contributed by atoms with Gasteiger partial charge in [-0.2, -0.15) is 0 Å². The lowest BCUT2D eigenvalue weighted by atomic mass is 9.83. The molecule has 96 valence electrons. The fourth-order valence-corrected chi connectivity index (χ4v) is 1.90. The van der Waals surface area contributed by atoms with E-state index in [9.17, 15) is 0 Å². The number of hydrogen-bond acceptors (Lipinski definition) is 2. The lowest BCUT2D eigenvalue weighted by molar-refractivity contribution is 0.326. The zero-order valence-corrected chi connectivity index (χ0v) is 11.6.